The number of nitrogens with zero attached hydrogens (tertiary/aromatic N) is 3. The molecule has 0 aliphatic heterocycles. The number of urea groups is 1. The highest BCUT2D eigenvalue weighted by atomic mass is 32.2. The number of thioether (sulfide) groups is 1. The highest BCUT2D eigenvalue weighted by Gasteiger charge is 2.31. The van der Waals surface area contributed by atoms with Gasteiger partial charge in [-0.05, 0) is 39.5 Å². The minimum atomic E-state index is -0.407. The van der Waals surface area contributed by atoms with Gasteiger partial charge < -0.3 is 9.88 Å². The van der Waals surface area contributed by atoms with E-state index in [1.807, 2.05) is 6.92 Å². The van der Waals surface area contributed by atoms with Gasteiger partial charge in [-0.3, -0.25) is 10.1 Å². The Morgan fingerprint density at radius 2 is 2.05 bits per heavy atom. The minimum Gasteiger partial charge on any atom is -0.335 e. The zero-order valence-electron chi connectivity index (χ0n) is 12.8. The molecule has 0 spiro atoms. The summed E-state index contributed by atoms with van der Waals surface area (Å²) in [4.78, 5) is 23.7. The van der Waals surface area contributed by atoms with Crippen molar-refractivity contribution in [3.8, 4) is 0 Å². The van der Waals surface area contributed by atoms with E-state index in [-0.39, 0.29) is 11.9 Å². The van der Waals surface area contributed by atoms with Crippen LogP contribution in [-0.2, 0) is 11.3 Å². The molecule has 1 unspecified atom stereocenters. The summed E-state index contributed by atoms with van der Waals surface area (Å²) in [6.45, 7) is 4.61. The molecule has 0 bridgehead atoms. The standard InChI is InChI=1S/C14H21N5O2S/c1-3-19-11(9-4-5-9)17-18-14(19)22-8(2)12(20)16-13(21)15-10-6-7-10/h8-10H,3-7H2,1-2H3,(H2,15,16,20,21). The molecule has 1 aromatic rings. The molecule has 8 heteroatoms. The number of amides is 3. The Bertz CT molecular complexity index is 580. The van der Waals surface area contributed by atoms with Gasteiger partial charge in [0.2, 0.25) is 5.91 Å². The maximum absolute atomic E-state index is 12.1. The monoisotopic (exact) mass is 323 g/mol. The van der Waals surface area contributed by atoms with Gasteiger partial charge in [0, 0.05) is 18.5 Å². The molecule has 1 atom stereocenters. The van der Waals surface area contributed by atoms with E-state index < -0.39 is 11.3 Å². The van der Waals surface area contributed by atoms with Crippen LogP contribution in [0.15, 0.2) is 5.16 Å². The number of carbonyl (C=O) groups excluding carboxylic acids is 2. The first-order chi connectivity index (χ1) is 10.6. The zero-order valence-corrected chi connectivity index (χ0v) is 13.7. The summed E-state index contributed by atoms with van der Waals surface area (Å²) in [6.07, 6.45) is 4.32. The lowest BCUT2D eigenvalue weighted by Gasteiger charge is -2.12. The van der Waals surface area contributed by atoms with E-state index in [0.29, 0.717) is 5.92 Å². The van der Waals surface area contributed by atoms with Crippen LogP contribution in [0.4, 0.5) is 4.79 Å². The Morgan fingerprint density at radius 1 is 1.32 bits per heavy atom. The van der Waals surface area contributed by atoms with E-state index >= 15 is 0 Å². The Morgan fingerprint density at radius 3 is 2.64 bits per heavy atom. The molecule has 0 saturated heterocycles. The number of nitrogens with one attached hydrogen (secondary N) is 2. The third-order valence-corrected chi connectivity index (χ3v) is 4.89. The van der Waals surface area contributed by atoms with Gasteiger partial charge in [-0.25, -0.2) is 4.79 Å². The van der Waals surface area contributed by atoms with Gasteiger partial charge >= 0.3 is 6.03 Å². The molecule has 2 aliphatic carbocycles. The number of hydrogen-bond acceptors (Lipinski definition) is 5. The smallest absolute Gasteiger partial charge is 0.321 e. The average Bonchev–Trinajstić information content (AvgIpc) is 3.39. The van der Waals surface area contributed by atoms with Crippen molar-refractivity contribution in [2.24, 2.45) is 0 Å². The van der Waals surface area contributed by atoms with Crippen molar-refractivity contribution < 1.29 is 9.59 Å². The van der Waals surface area contributed by atoms with Crippen molar-refractivity contribution in [3.63, 3.8) is 0 Å². The van der Waals surface area contributed by atoms with Gasteiger partial charge in [0.25, 0.3) is 0 Å². The zero-order chi connectivity index (χ0) is 15.7. The maximum atomic E-state index is 12.1. The highest BCUT2D eigenvalue weighted by Crippen LogP contribution is 2.40. The van der Waals surface area contributed by atoms with E-state index in [2.05, 4.69) is 25.4 Å². The molecular formula is C14H21N5O2S. The van der Waals surface area contributed by atoms with Gasteiger partial charge in [0.1, 0.15) is 5.82 Å². The van der Waals surface area contributed by atoms with Crippen LogP contribution in [0.5, 0.6) is 0 Å². The Hall–Kier alpha value is -1.57. The highest BCUT2D eigenvalue weighted by molar-refractivity contribution is 8.00. The van der Waals surface area contributed by atoms with E-state index in [0.717, 1.165) is 30.4 Å². The number of hydrogen-bond donors (Lipinski definition) is 2. The summed E-state index contributed by atoms with van der Waals surface area (Å²) in [7, 11) is 0. The fourth-order valence-electron chi connectivity index (χ4n) is 2.20. The van der Waals surface area contributed by atoms with Crippen LogP contribution in [0.25, 0.3) is 0 Å². The largest absolute Gasteiger partial charge is 0.335 e. The summed E-state index contributed by atoms with van der Waals surface area (Å²) in [5.74, 6) is 1.24. The first-order valence-electron chi connectivity index (χ1n) is 7.79. The predicted molar refractivity (Wildman–Crippen MR) is 82.7 cm³/mol. The summed E-state index contributed by atoms with van der Waals surface area (Å²) in [5, 5.41) is 13.9. The number of imide groups is 1. The molecule has 3 rings (SSSR count). The van der Waals surface area contributed by atoms with Crippen molar-refractivity contribution in [3.05, 3.63) is 5.82 Å². The lowest BCUT2D eigenvalue weighted by molar-refractivity contribution is -0.119. The minimum absolute atomic E-state index is 0.236. The fourth-order valence-corrected chi connectivity index (χ4v) is 3.12. The van der Waals surface area contributed by atoms with E-state index in [1.165, 1.54) is 24.6 Å². The Balaban J connectivity index is 1.57. The third-order valence-electron chi connectivity index (χ3n) is 3.80. The van der Waals surface area contributed by atoms with Gasteiger partial charge in [0.15, 0.2) is 5.16 Å². The van der Waals surface area contributed by atoms with Crippen LogP contribution >= 0.6 is 11.8 Å². The maximum Gasteiger partial charge on any atom is 0.321 e. The quantitative estimate of drug-likeness (QED) is 0.777. The molecule has 2 N–H and O–H groups in total. The van der Waals surface area contributed by atoms with Crippen molar-refractivity contribution in [2.45, 2.75) is 68.4 Å². The molecule has 1 heterocycles. The number of rotatable bonds is 6. The van der Waals surface area contributed by atoms with Crippen LogP contribution in [0.3, 0.4) is 0 Å². The van der Waals surface area contributed by atoms with Crippen LogP contribution < -0.4 is 10.6 Å². The van der Waals surface area contributed by atoms with E-state index in [1.54, 1.807) is 6.92 Å². The number of aromatic nitrogens is 3. The molecule has 120 valence electrons. The SMILES string of the molecule is CCn1c(SC(C)C(=O)NC(=O)NC2CC2)nnc1C1CC1. The summed E-state index contributed by atoms with van der Waals surface area (Å²) in [6, 6.07) is -0.171. The van der Waals surface area contributed by atoms with Crippen LogP contribution in [0, 0.1) is 0 Å². The van der Waals surface area contributed by atoms with Gasteiger partial charge in [-0.15, -0.1) is 10.2 Å². The van der Waals surface area contributed by atoms with Crippen molar-refractivity contribution in [1.29, 1.82) is 0 Å². The molecule has 0 aromatic carbocycles. The second-order valence-electron chi connectivity index (χ2n) is 5.86. The lowest BCUT2D eigenvalue weighted by Crippen LogP contribution is -2.43. The molecule has 0 radical (unpaired) electrons. The van der Waals surface area contributed by atoms with Crippen LogP contribution in [-0.4, -0.2) is 38.0 Å². The molecule has 2 saturated carbocycles. The number of carbonyl (C=O) groups is 2. The van der Waals surface area contributed by atoms with Crippen molar-refractivity contribution in [2.75, 3.05) is 0 Å². The normalized spacial score (nSPS) is 18.8. The topological polar surface area (TPSA) is 88.9 Å². The summed E-state index contributed by atoms with van der Waals surface area (Å²) in [5.41, 5.74) is 0. The molecule has 7 nitrogen and oxygen atoms in total. The van der Waals surface area contributed by atoms with Gasteiger partial charge in [0.05, 0.1) is 5.25 Å². The van der Waals surface area contributed by atoms with E-state index in [9.17, 15) is 9.59 Å². The fraction of sp³-hybridized carbons (Fsp3) is 0.714. The Labute approximate surface area is 133 Å². The molecule has 1 aromatic heterocycles. The van der Waals surface area contributed by atoms with E-state index in [4.69, 9.17) is 0 Å². The molecule has 22 heavy (non-hydrogen) atoms. The molecule has 2 fully saturated rings. The molecular weight excluding hydrogens is 302 g/mol. The van der Waals surface area contributed by atoms with Crippen molar-refractivity contribution >= 4 is 23.7 Å². The third kappa shape index (κ3) is 3.60. The summed E-state index contributed by atoms with van der Waals surface area (Å²) >= 11 is 1.34. The predicted octanol–water partition coefficient (Wildman–Crippen LogP) is 1.64. The second-order valence-corrected chi connectivity index (χ2v) is 7.16. The van der Waals surface area contributed by atoms with Crippen molar-refractivity contribution in [1.82, 2.24) is 25.4 Å². The lowest BCUT2D eigenvalue weighted by atomic mass is 10.4. The van der Waals surface area contributed by atoms with Gasteiger partial charge in [-0.1, -0.05) is 11.8 Å². The molecule has 2 aliphatic rings. The molecule has 3 amide bonds. The first kappa shape index (κ1) is 15.3. The second kappa shape index (κ2) is 6.28. The first-order valence-corrected chi connectivity index (χ1v) is 8.67. The average molecular weight is 323 g/mol. The van der Waals surface area contributed by atoms with Crippen LogP contribution in [0.1, 0.15) is 51.3 Å². The Kier molecular flexibility index (Phi) is 4.37. The van der Waals surface area contributed by atoms with Gasteiger partial charge in [-0.2, -0.15) is 0 Å². The summed E-state index contributed by atoms with van der Waals surface area (Å²) < 4.78 is 2.07. The van der Waals surface area contributed by atoms with Crippen LogP contribution in [0.2, 0.25) is 0 Å².